The Morgan fingerprint density at radius 3 is 2.11 bits per heavy atom. The molecule has 1 saturated heterocycles. The number of amides is 3. The van der Waals surface area contributed by atoms with Gasteiger partial charge in [-0.15, -0.1) is 0 Å². The second-order valence-corrected chi connectivity index (χ2v) is 22.2. The molecule has 0 spiro atoms. The lowest BCUT2D eigenvalue weighted by Gasteiger charge is -2.35. The lowest BCUT2D eigenvalue weighted by molar-refractivity contribution is -0.123. The molecule has 0 radical (unpaired) electrons. The smallest absolute Gasteiger partial charge is 0.328 e. The van der Waals surface area contributed by atoms with E-state index >= 15 is 0 Å². The monoisotopic (exact) mass is 1220 g/mol. The molecule has 3 aromatic carbocycles. The number of nitrogens with zero attached hydrogens (tertiary/aromatic N) is 6. The highest BCUT2D eigenvalue weighted by atomic mass is 16.5. The summed E-state index contributed by atoms with van der Waals surface area (Å²) < 4.78 is 38.2. The van der Waals surface area contributed by atoms with Gasteiger partial charge in [-0.25, -0.2) is 9.78 Å². The first-order valence-electron chi connectivity index (χ1n) is 30.3. The third-order valence-corrected chi connectivity index (χ3v) is 14.8. The number of unbranched alkanes of at least 4 members (excludes halogenated alkanes) is 1. The molecule has 4 heterocycles. The van der Waals surface area contributed by atoms with E-state index in [1.54, 1.807) is 59.8 Å². The maximum absolute atomic E-state index is 13.7. The molecule has 8 N–H and O–H groups in total. The van der Waals surface area contributed by atoms with Crippen molar-refractivity contribution >= 4 is 52.2 Å². The van der Waals surface area contributed by atoms with Crippen LogP contribution in [0, 0.1) is 19.3 Å². The Bertz CT molecular complexity index is 3410. The van der Waals surface area contributed by atoms with E-state index in [-0.39, 0.29) is 55.2 Å². The molecule has 6 aromatic rings. The van der Waals surface area contributed by atoms with Crippen LogP contribution in [0.25, 0.3) is 22.2 Å². The standard InChI is InChI=1S/C64H89N13O11/c1-9-23-86-48-34-49(36-50(35-48)88-58-38-57-56(37-54(58)66)74(7)64(82)75(57)8)87-24-11-10-17-73(6)42-61(79)68-16-26-84-28-30-85-29-27-83-25-14-60(78)67-15-18-76-19-21-77(22-20-76)59-13-12-46(40-69-59)47-32-51(52(39-65)55(33-47)71-43(2)3)62(80)70-41-53-44(4)31-45(5)72-63(53)81/h12-13,31-40,43,65,71H,9-11,14-30,41-42,66H2,1-8H3,(H,67,78)(H,68,79)(H,70,80)(H,72,81). The maximum Gasteiger partial charge on any atom is 0.328 e. The van der Waals surface area contributed by atoms with Gasteiger partial charge in [0.05, 0.1) is 81.7 Å². The number of pyridine rings is 2. The molecule has 0 atom stereocenters. The zero-order chi connectivity index (χ0) is 63.1. The van der Waals surface area contributed by atoms with Crippen molar-refractivity contribution in [1.29, 1.82) is 5.41 Å². The van der Waals surface area contributed by atoms with E-state index < -0.39 is 5.91 Å². The number of fused-ring (bicyclic) bond motifs is 1. The van der Waals surface area contributed by atoms with Crippen LogP contribution in [0.15, 0.2) is 76.4 Å². The number of ether oxygens (including phenoxy) is 6. The average molecular weight is 1220 g/mol. The van der Waals surface area contributed by atoms with Gasteiger partial charge in [-0.3, -0.25) is 38.1 Å². The fourth-order valence-electron chi connectivity index (χ4n) is 10.1. The number of nitrogen functional groups attached to an aromatic ring is 1. The molecule has 88 heavy (non-hydrogen) atoms. The number of rotatable bonds is 36. The van der Waals surface area contributed by atoms with E-state index in [4.69, 9.17) is 44.5 Å². The maximum atomic E-state index is 13.7. The lowest BCUT2D eigenvalue weighted by Crippen LogP contribution is -2.48. The SMILES string of the molecule is CCCOc1cc(OCCCCN(C)CC(=O)NCCOCCOCCOCCC(=O)NCCN2CCN(c3ccc(-c4cc(NC(C)C)c(C=N)c(C(=O)NCc5c(C)cc(C)[nH]c5=O)c4)cn3)CC2)cc(Oc2cc3c(cc2N)n(C)c(=O)n3C)c1. The second kappa shape index (κ2) is 33.7. The molecular formula is C64H89N13O11. The van der Waals surface area contributed by atoms with Crippen molar-refractivity contribution in [3.05, 3.63) is 116 Å². The fraction of sp³-hybridized carbons (Fsp3) is 0.484. The van der Waals surface area contributed by atoms with Crippen molar-refractivity contribution in [2.45, 2.75) is 72.9 Å². The van der Waals surface area contributed by atoms with Gasteiger partial charge in [0, 0.05) is 144 Å². The van der Waals surface area contributed by atoms with E-state index in [1.807, 2.05) is 76.9 Å². The topological polar surface area (TPSA) is 287 Å². The molecule has 1 aliphatic heterocycles. The molecule has 0 bridgehead atoms. The highest BCUT2D eigenvalue weighted by molar-refractivity contribution is 6.06. The predicted molar refractivity (Wildman–Crippen MR) is 343 cm³/mol. The Labute approximate surface area is 514 Å². The van der Waals surface area contributed by atoms with Crippen LogP contribution in [0.5, 0.6) is 23.0 Å². The quantitative estimate of drug-likeness (QED) is 0.0140. The van der Waals surface area contributed by atoms with Gasteiger partial charge in [-0.2, -0.15) is 0 Å². The number of aromatic amines is 1. The van der Waals surface area contributed by atoms with Crippen LogP contribution in [0.4, 0.5) is 17.2 Å². The zero-order valence-electron chi connectivity index (χ0n) is 52.3. The lowest BCUT2D eigenvalue weighted by atomic mass is 9.97. The minimum atomic E-state index is -0.392. The predicted octanol–water partition coefficient (Wildman–Crippen LogP) is 5.74. The molecule has 0 aliphatic carbocycles. The van der Waals surface area contributed by atoms with Crippen molar-refractivity contribution in [3.63, 3.8) is 0 Å². The van der Waals surface area contributed by atoms with Crippen LogP contribution in [-0.2, 0) is 44.4 Å². The number of carbonyl (C=O) groups excluding carboxylic acids is 3. The van der Waals surface area contributed by atoms with E-state index in [0.29, 0.717) is 128 Å². The van der Waals surface area contributed by atoms with E-state index in [0.717, 1.165) is 80.2 Å². The molecule has 1 aliphatic rings. The van der Waals surface area contributed by atoms with E-state index in [9.17, 15) is 24.0 Å². The largest absolute Gasteiger partial charge is 0.493 e. The Morgan fingerprint density at radius 1 is 0.773 bits per heavy atom. The van der Waals surface area contributed by atoms with Gasteiger partial charge in [0.1, 0.15) is 23.1 Å². The summed E-state index contributed by atoms with van der Waals surface area (Å²) in [5.41, 5.74) is 12.8. The third kappa shape index (κ3) is 19.9. The van der Waals surface area contributed by atoms with Crippen LogP contribution in [0.2, 0.25) is 0 Å². The van der Waals surface area contributed by atoms with Gasteiger partial charge in [0.15, 0.2) is 5.75 Å². The number of aryl methyl sites for hydroxylation is 4. The summed E-state index contributed by atoms with van der Waals surface area (Å²) in [6, 6.07) is 18.5. The number of likely N-dealkylation sites (N-methyl/N-ethyl adjacent to an activating group) is 1. The summed E-state index contributed by atoms with van der Waals surface area (Å²) in [7, 11) is 5.32. The molecule has 7 rings (SSSR count). The first kappa shape index (κ1) is 67.2. The zero-order valence-corrected chi connectivity index (χ0v) is 52.3. The number of aromatic nitrogens is 4. The Balaban J connectivity index is 0.687. The summed E-state index contributed by atoms with van der Waals surface area (Å²) in [5, 5.41) is 20.4. The van der Waals surface area contributed by atoms with Gasteiger partial charge in [-0.1, -0.05) is 6.92 Å². The second-order valence-electron chi connectivity index (χ2n) is 22.2. The molecule has 24 heteroatoms. The number of nitrogens with two attached hydrogens (primary N) is 1. The number of carbonyl (C=O) groups is 3. The highest BCUT2D eigenvalue weighted by Gasteiger charge is 2.22. The van der Waals surface area contributed by atoms with Gasteiger partial charge >= 0.3 is 5.69 Å². The Hall–Kier alpha value is -8.29. The van der Waals surface area contributed by atoms with Gasteiger partial charge < -0.3 is 70.7 Å². The summed E-state index contributed by atoms with van der Waals surface area (Å²) in [6.45, 7) is 18.6. The number of imidazole rings is 1. The van der Waals surface area contributed by atoms with Crippen LogP contribution >= 0.6 is 0 Å². The first-order chi connectivity index (χ1) is 42.4. The molecule has 476 valence electrons. The highest BCUT2D eigenvalue weighted by Crippen LogP contribution is 2.36. The van der Waals surface area contributed by atoms with Gasteiger partial charge in [0.2, 0.25) is 11.8 Å². The van der Waals surface area contributed by atoms with Crippen molar-refractivity contribution in [2.24, 2.45) is 14.1 Å². The molecule has 3 amide bonds. The Morgan fingerprint density at radius 2 is 1.44 bits per heavy atom. The summed E-state index contributed by atoms with van der Waals surface area (Å²) in [6.07, 6.45) is 5.65. The van der Waals surface area contributed by atoms with E-state index in [2.05, 4.69) is 36.1 Å². The number of benzene rings is 3. The van der Waals surface area contributed by atoms with Crippen molar-refractivity contribution in [3.8, 4) is 34.1 Å². The van der Waals surface area contributed by atoms with Crippen LogP contribution in [0.3, 0.4) is 0 Å². The number of H-pyrrole nitrogens is 1. The molecule has 0 saturated carbocycles. The summed E-state index contributed by atoms with van der Waals surface area (Å²) in [5.74, 6) is 2.40. The minimum absolute atomic E-state index is 0.0433. The number of anilines is 3. The average Bonchev–Trinajstić information content (AvgIpc) is 1.70. The normalized spacial score (nSPS) is 12.6. The van der Waals surface area contributed by atoms with Crippen LogP contribution < -0.4 is 57.4 Å². The molecule has 1 fully saturated rings. The summed E-state index contributed by atoms with van der Waals surface area (Å²) >= 11 is 0. The van der Waals surface area contributed by atoms with Crippen LogP contribution in [-0.4, -0.2) is 178 Å². The van der Waals surface area contributed by atoms with Crippen molar-refractivity contribution in [2.75, 3.05) is 135 Å². The van der Waals surface area contributed by atoms with Crippen molar-refractivity contribution in [1.82, 2.24) is 44.9 Å². The fourth-order valence-corrected chi connectivity index (χ4v) is 10.1. The number of hydrogen-bond donors (Lipinski definition) is 7. The molecule has 3 aromatic heterocycles. The summed E-state index contributed by atoms with van der Waals surface area (Å²) in [4.78, 5) is 78.0. The van der Waals surface area contributed by atoms with E-state index in [1.165, 1.54) is 6.21 Å². The number of hydrogen-bond acceptors (Lipinski definition) is 18. The minimum Gasteiger partial charge on any atom is -0.493 e. The third-order valence-electron chi connectivity index (χ3n) is 14.8. The Kier molecular flexibility index (Phi) is 25.8. The van der Waals surface area contributed by atoms with Gasteiger partial charge in [0.25, 0.3) is 11.5 Å². The first-order valence-corrected chi connectivity index (χ1v) is 30.3. The number of piperazine rings is 1. The van der Waals surface area contributed by atoms with Gasteiger partial charge in [-0.05, 0) is 108 Å². The molecule has 0 unspecified atom stereocenters. The van der Waals surface area contributed by atoms with Crippen LogP contribution in [0.1, 0.15) is 79.2 Å². The number of nitrogens with one attached hydrogen (secondary N) is 6. The molecule has 24 nitrogen and oxygen atoms in total. The molecular weight excluding hydrogens is 1130 g/mol. The van der Waals surface area contributed by atoms with Crippen molar-refractivity contribution < 1.29 is 42.8 Å².